The van der Waals surface area contributed by atoms with Crippen molar-refractivity contribution >= 4 is 15.9 Å². The summed E-state index contributed by atoms with van der Waals surface area (Å²) in [7, 11) is 0. The molecule has 1 aromatic carbocycles. The van der Waals surface area contributed by atoms with Crippen LogP contribution >= 0.6 is 15.9 Å². The fourth-order valence-corrected chi connectivity index (χ4v) is 1.98. The molecule has 88 valence electrons. The van der Waals surface area contributed by atoms with Gasteiger partial charge >= 0.3 is 0 Å². The van der Waals surface area contributed by atoms with Crippen molar-refractivity contribution in [3.05, 3.63) is 35.9 Å². The molecule has 0 spiro atoms. The number of hydrogen-bond donors (Lipinski definition) is 0. The standard InChI is InChI=1S/C13H17BrO2/c14-6-7-15-12-8-13(9-12)16-10-11-4-2-1-3-5-11/h1-5,12-13H,6-10H2. The fraction of sp³-hybridized carbons (Fsp3) is 0.538. The molecule has 0 aromatic heterocycles. The lowest BCUT2D eigenvalue weighted by Gasteiger charge is -2.34. The second-order valence-electron chi connectivity index (χ2n) is 4.07. The van der Waals surface area contributed by atoms with Crippen molar-refractivity contribution in [1.29, 1.82) is 0 Å². The van der Waals surface area contributed by atoms with Gasteiger partial charge in [-0.1, -0.05) is 46.3 Å². The third-order valence-corrected chi connectivity index (χ3v) is 3.13. The third kappa shape index (κ3) is 3.58. The van der Waals surface area contributed by atoms with E-state index in [1.807, 2.05) is 18.2 Å². The molecule has 1 fully saturated rings. The summed E-state index contributed by atoms with van der Waals surface area (Å²) in [5, 5.41) is 0.916. The summed E-state index contributed by atoms with van der Waals surface area (Å²) in [6.07, 6.45) is 2.89. The van der Waals surface area contributed by atoms with Gasteiger partial charge in [-0.15, -0.1) is 0 Å². The predicted octanol–water partition coefficient (Wildman–Crippen LogP) is 3.15. The van der Waals surface area contributed by atoms with Gasteiger partial charge in [0.1, 0.15) is 0 Å². The lowest BCUT2D eigenvalue weighted by atomic mass is 9.92. The molecule has 0 heterocycles. The Morgan fingerprint density at radius 1 is 1.06 bits per heavy atom. The van der Waals surface area contributed by atoms with Gasteiger partial charge in [-0.25, -0.2) is 0 Å². The molecular weight excluding hydrogens is 268 g/mol. The monoisotopic (exact) mass is 284 g/mol. The highest BCUT2D eigenvalue weighted by Gasteiger charge is 2.30. The highest BCUT2D eigenvalue weighted by Crippen LogP contribution is 2.27. The minimum atomic E-state index is 0.389. The van der Waals surface area contributed by atoms with E-state index in [9.17, 15) is 0 Å². The Morgan fingerprint density at radius 3 is 2.44 bits per heavy atom. The van der Waals surface area contributed by atoms with Crippen LogP contribution in [-0.2, 0) is 16.1 Å². The summed E-state index contributed by atoms with van der Waals surface area (Å²) in [5.74, 6) is 0. The van der Waals surface area contributed by atoms with Gasteiger partial charge in [0.25, 0.3) is 0 Å². The lowest BCUT2D eigenvalue weighted by Crippen LogP contribution is -2.37. The molecule has 0 N–H and O–H groups in total. The van der Waals surface area contributed by atoms with Gasteiger partial charge < -0.3 is 9.47 Å². The van der Waals surface area contributed by atoms with Crippen LogP contribution in [0.2, 0.25) is 0 Å². The Bertz CT molecular complexity index is 296. The number of ether oxygens (including phenoxy) is 2. The maximum atomic E-state index is 5.78. The Morgan fingerprint density at radius 2 is 1.75 bits per heavy atom. The lowest BCUT2D eigenvalue weighted by molar-refractivity contribution is -0.103. The molecule has 0 saturated heterocycles. The molecule has 0 radical (unpaired) electrons. The maximum Gasteiger partial charge on any atom is 0.0720 e. The Balaban J connectivity index is 1.60. The molecule has 0 atom stereocenters. The van der Waals surface area contributed by atoms with Gasteiger partial charge in [0, 0.05) is 5.33 Å². The molecule has 3 heteroatoms. The largest absolute Gasteiger partial charge is 0.377 e. The van der Waals surface area contributed by atoms with E-state index in [0.717, 1.165) is 31.4 Å². The van der Waals surface area contributed by atoms with E-state index < -0.39 is 0 Å². The molecule has 0 bridgehead atoms. The second-order valence-corrected chi connectivity index (χ2v) is 4.86. The van der Waals surface area contributed by atoms with Gasteiger partial charge in [0.2, 0.25) is 0 Å². The van der Waals surface area contributed by atoms with Crippen LogP contribution in [0.1, 0.15) is 18.4 Å². The van der Waals surface area contributed by atoms with Crippen molar-refractivity contribution < 1.29 is 9.47 Å². The van der Waals surface area contributed by atoms with Gasteiger partial charge in [-0.2, -0.15) is 0 Å². The number of alkyl halides is 1. The molecule has 1 saturated carbocycles. The SMILES string of the molecule is BrCCOC1CC(OCc2ccccc2)C1. The second kappa shape index (κ2) is 6.38. The van der Waals surface area contributed by atoms with Crippen LogP contribution in [0.4, 0.5) is 0 Å². The van der Waals surface area contributed by atoms with Crippen molar-refractivity contribution in [2.24, 2.45) is 0 Å². The minimum Gasteiger partial charge on any atom is -0.377 e. The predicted molar refractivity (Wildman–Crippen MR) is 67.8 cm³/mol. The summed E-state index contributed by atoms with van der Waals surface area (Å²) < 4.78 is 11.4. The molecule has 2 rings (SSSR count). The van der Waals surface area contributed by atoms with E-state index in [1.165, 1.54) is 5.56 Å². The highest BCUT2D eigenvalue weighted by atomic mass is 79.9. The first kappa shape index (κ1) is 12.1. The average Bonchev–Trinajstić information content (AvgIpc) is 2.28. The molecule has 1 aliphatic carbocycles. The highest BCUT2D eigenvalue weighted by molar-refractivity contribution is 9.09. The van der Waals surface area contributed by atoms with Crippen molar-refractivity contribution in [3.8, 4) is 0 Å². The van der Waals surface area contributed by atoms with E-state index in [2.05, 4.69) is 28.1 Å². The average molecular weight is 285 g/mol. The molecule has 0 unspecified atom stereocenters. The first-order valence-corrected chi connectivity index (χ1v) is 6.83. The number of rotatable bonds is 6. The van der Waals surface area contributed by atoms with Crippen LogP contribution in [0.3, 0.4) is 0 Å². The Labute approximate surface area is 105 Å². The summed E-state index contributed by atoms with van der Waals surface area (Å²) in [4.78, 5) is 0. The van der Waals surface area contributed by atoms with Crippen LogP contribution in [0.5, 0.6) is 0 Å². The number of halogens is 1. The van der Waals surface area contributed by atoms with Crippen molar-refractivity contribution in [1.82, 2.24) is 0 Å². The van der Waals surface area contributed by atoms with Crippen LogP contribution in [0, 0.1) is 0 Å². The summed E-state index contributed by atoms with van der Waals surface area (Å²) >= 11 is 3.35. The Kier molecular flexibility index (Phi) is 4.82. The molecule has 0 amide bonds. The van der Waals surface area contributed by atoms with E-state index in [1.54, 1.807) is 0 Å². The molecule has 16 heavy (non-hydrogen) atoms. The fourth-order valence-electron chi connectivity index (χ4n) is 1.79. The van der Waals surface area contributed by atoms with Crippen molar-refractivity contribution in [2.45, 2.75) is 31.7 Å². The zero-order chi connectivity index (χ0) is 11.2. The maximum absolute atomic E-state index is 5.78. The van der Waals surface area contributed by atoms with E-state index in [0.29, 0.717) is 12.2 Å². The third-order valence-electron chi connectivity index (χ3n) is 2.81. The van der Waals surface area contributed by atoms with Crippen LogP contribution in [0.15, 0.2) is 30.3 Å². The van der Waals surface area contributed by atoms with Gasteiger partial charge in [-0.3, -0.25) is 0 Å². The first-order valence-electron chi connectivity index (χ1n) is 5.71. The topological polar surface area (TPSA) is 18.5 Å². The van der Waals surface area contributed by atoms with Crippen molar-refractivity contribution in [2.75, 3.05) is 11.9 Å². The van der Waals surface area contributed by atoms with Crippen LogP contribution in [-0.4, -0.2) is 24.1 Å². The quantitative estimate of drug-likeness (QED) is 0.748. The van der Waals surface area contributed by atoms with Crippen LogP contribution in [0.25, 0.3) is 0 Å². The van der Waals surface area contributed by atoms with E-state index >= 15 is 0 Å². The van der Waals surface area contributed by atoms with Gasteiger partial charge in [0.05, 0.1) is 25.4 Å². The van der Waals surface area contributed by atoms with E-state index in [4.69, 9.17) is 9.47 Å². The molecule has 1 aliphatic rings. The molecular formula is C13H17BrO2. The molecule has 1 aromatic rings. The summed E-state index contributed by atoms with van der Waals surface area (Å²) in [5.41, 5.74) is 1.24. The molecule has 0 aliphatic heterocycles. The zero-order valence-electron chi connectivity index (χ0n) is 9.27. The normalized spacial score (nSPS) is 24.1. The van der Waals surface area contributed by atoms with Crippen molar-refractivity contribution in [3.63, 3.8) is 0 Å². The van der Waals surface area contributed by atoms with E-state index in [-0.39, 0.29) is 0 Å². The first-order chi connectivity index (χ1) is 7.88. The summed E-state index contributed by atoms with van der Waals surface area (Å²) in [6, 6.07) is 10.3. The summed E-state index contributed by atoms with van der Waals surface area (Å²) in [6.45, 7) is 1.52. The smallest absolute Gasteiger partial charge is 0.0720 e. The van der Waals surface area contributed by atoms with Gasteiger partial charge in [0.15, 0.2) is 0 Å². The number of benzene rings is 1. The minimum absolute atomic E-state index is 0.389. The molecule has 2 nitrogen and oxygen atoms in total. The van der Waals surface area contributed by atoms with Crippen LogP contribution < -0.4 is 0 Å². The van der Waals surface area contributed by atoms with Gasteiger partial charge in [-0.05, 0) is 18.4 Å². The number of hydrogen-bond acceptors (Lipinski definition) is 2. The Hall–Kier alpha value is -0.380. The zero-order valence-corrected chi connectivity index (χ0v) is 10.9.